The lowest BCUT2D eigenvalue weighted by molar-refractivity contribution is -0.133. The molecule has 0 amide bonds. The summed E-state index contributed by atoms with van der Waals surface area (Å²) < 4.78 is 1.83. The van der Waals surface area contributed by atoms with E-state index in [1.165, 1.54) is 37.4 Å². The molecule has 1 heterocycles. The zero-order valence-electron chi connectivity index (χ0n) is 10.2. The van der Waals surface area contributed by atoms with Crippen LogP contribution in [0.25, 0.3) is 0 Å². The standard InChI is InChI=1S/C11H18N4O2S/c12-10-13-14-11(18-7-9(16)17)15(10)6-5-8-3-1-2-4-8/h8H,1-7H2,(H2,12,13)(H,16,17). The average molecular weight is 270 g/mol. The van der Waals surface area contributed by atoms with Crippen molar-refractivity contribution in [1.29, 1.82) is 0 Å². The fourth-order valence-corrected chi connectivity index (χ4v) is 3.05. The van der Waals surface area contributed by atoms with E-state index in [0.29, 0.717) is 11.1 Å². The van der Waals surface area contributed by atoms with Crippen LogP contribution < -0.4 is 5.73 Å². The molecule has 1 aromatic heterocycles. The Labute approximate surface area is 110 Å². The monoisotopic (exact) mass is 270 g/mol. The third-order valence-corrected chi connectivity index (χ3v) is 4.26. The van der Waals surface area contributed by atoms with Gasteiger partial charge in [-0.15, -0.1) is 10.2 Å². The lowest BCUT2D eigenvalue weighted by atomic mass is 10.0. The van der Waals surface area contributed by atoms with E-state index in [1.807, 2.05) is 4.57 Å². The van der Waals surface area contributed by atoms with Gasteiger partial charge < -0.3 is 10.8 Å². The van der Waals surface area contributed by atoms with Crippen LogP contribution in [0.4, 0.5) is 5.95 Å². The maximum absolute atomic E-state index is 10.5. The number of nitrogen functional groups attached to an aromatic ring is 1. The SMILES string of the molecule is Nc1nnc(SCC(=O)O)n1CCC1CCCC1. The van der Waals surface area contributed by atoms with Crippen molar-refractivity contribution in [3.63, 3.8) is 0 Å². The highest BCUT2D eigenvalue weighted by molar-refractivity contribution is 7.99. The maximum atomic E-state index is 10.5. The highest BCUT2D eigenvalue weighted by Crippen LogP contribution is 2.29. The topological polar surface area (TPSA) is 94.0 Å². The molecule has 7 heteroatoms. The van der Waals surface area contributed by atoms with E-state index >= 15 is 0 Å². The van der Waals surface area contributed by atoms with Gasteiger partial charge in [0, 0.05) is 6.54 Å². The summed E-state index contributed by atoms with van der Waals surface area (Å²) in [4.78, 5) is 10.5. The highest BCUT2D eigenvalue weighted by atomic mass is 32.2. The lowest BCUT2D eigenvalue weighted by Crippen LogP contribution is -2.09. The molecule has 1 aliphatic carbocycles. The summed E-state index contributed by atoms with van der Waals surface area (Å²) in [5.74, 6) is 0.274. The molecule has 0 unspecified atom stereocenters. The molecule has 1 aromatic rings. The molecule has 0 aliphatic heterocycles. The van der Waals surface area contributed by atoms with E-state index in [1.54, 1.807) is 0 Å². The van der Waals surface area contributed by atoms with Crippen LogP contribution in [-0.4, -0.2) is 31.6 Å². The molecule has 18 heavy (non-hydrogen) atoms. The third-order valence-electron chi connectivity index (χ3n) is 3.31. The van der Waals surface area contributed by atoms with Crippen LogP contribution in [0.3, 0.4) is 0 Å². The molecule has 0 bridgehead atoms. The number of aromatic nitrogens is 3. The summed E-state index contributed by atoms with van der Waals surface area (Å²) in [5.41, 5.74) is 5.76. The third kappa shape index (κ3) is 3.38. The Morgan fingerprint density at radius 2 is 2.17 bits per heavy atom. The van der Waals surface area contributed by atoms with Gasteiger partial charge in [-0.05, 0) is 12.3 Å². The number of rotatable bonds is 6. The van der Waals surface area contributed by atoms with Gasteiger partial charge in [-0.25, -0.2) is 0 Å². The maximum Gasteiger partial charge on any atom is 0.313 e. The fourth-order valence-electron chi connectivity index (χ4n) is 2.35. The van der Waals surface area contributed by atoms with Crippen LogP contribution in [0.15, 0.2) is 5.16 Å². The second kappa shape index (κ2) is 6.08. The van der Waals surface area contributed by atoms with Crippen molar-refractivity contribution in [2.75, 3.05) is 11.5 Å². The minimum Gasteiger partial charge on any atom is -0.481 e. The average Bonchev–Trinajstić information content (AvgIpc) is 2.94. The molecule has 0 radical (unpaired) electrons. The Morgan fingerprint density at radius 1 is 1.44 bits per heavy atom. The molecule has 0 saturated heterocycles. The molecule has 2 rings (SSSR count). The van der Waals surface area contributed by atoms with Crippen molar-refractivity contribution >= 4 is 23.7 Å². The van der Waals surface area contributed by atoms with Gasteiger partial charge in [0.25, 0.3) is 0 Å². The van der Waals surface area contributed by atoms with Crippen molar-refractivity contribution in [3.8, 4) is 0 Å². The molecule has 6 nitrogen and oxygen atoms in total. The predicted molar refractivity (Wildman–Crippen MR) is 69.4 cm³/mol. The summed E-state index contributed by atoms with van der Waals surface area (Å²) in [6.45, 7) is 0.783. The first-order valence-electron chi connectivity index (χ1n) is 6.20. The van der Waals surface area contributed by atoms with Crippen molar-refractivity contribution < 1.29 is 9.90 Å². The lowest BCUT2D eigenvalue weighted by Gasteiger charge is -2.11. The number of carboxylic acid groups (broad SMARTS) is 1. The zero-order chi connectivity index (χ0) is 13.0. The minimum absolute atomic E-state index is 0.0123. The molecule has 0 atom stereocenters. The number of hydrogen-bond donors (Lipinski definition) is 2. The molecular formula is C11H18N4O2S. The van der Waals surface area contributed by atoms with E-state index in [2.05, 4.69) is 10.2 Å². The highest BCUT2D eigenvalue weighted by Gasteiger charge is 2.17. The number of hydrogen-bond acceptors (Lipinski definition) is 5. The Bertz CT molecular complexity index is 415. The van der Waals surface area contributed by atoms with Gasteiger partial charge in [0.15, 0.2) is 5.16 Å². The van der Waals surface area contributed by atoms with Gasteiger partial charge >= 0.3 is 5.97 Å². The fraction of sp³-hybridized carbons (Fsp3) is 0.727. The summed E-state index contributed by atoms with van der Waals surface area (Å²) in [5, 5.41) is 17.0. The van der Waals surface area contributed by atoms with Gasteiger partial charge in [-0.3, -0.25) is 9.36 Å². The smallest absolute Gasteiger partial charge is 0.313 e. The Morgan fingerprint density at radius 3 is 2.83 bits per heavy atom. The second-order valence-electron chi connectivity index (χ2n) is 4.61. The van der Waals surface area contributed by atoms with Crippen molar-refractivity contribution in [1.82, 2.24) is 14.8 Å². The zero-order valence-corrected chi connectivity index (χ0v) is 11.0. The van der Waals surface area contributed by atoms with Crippen LogP contribution in [0.5, 0.6) is 0 Å². The van der Waals surface area contributed by atoms with Gasteiger partial charge in [0.2, 0.25) is 5.95 Å². The summed E-state index contributed by atoms with van der Waals surface area (Å²) >= 11 is 1.17. The Kier molecular flexibility index (Phi) is 4.46. The van der Waals surface area contributed by atoms with Crippen LogP contribution in [0, 0.1) is 5.92 Å². The minimum atomic E-state index is -0.857. The molecule has 1 saturated carbocycles. The number of carbonyl (C=O) groups is 1. The first-order chi connectivity index (χ1) is 8.66. The van der Waals surface area contributed by atoms with Crippen LogP contribution in [0.1, 0.15) is 32.1 Å². The largest absolute Gasteiger partial charge is 0.481 e. The number of aliphatic carboxylic acids is 1. The summed E-state index contributed by atoms with van der Waals surface area (Å²) in [6.07, 6.45) is 6.30. The normalized spacial score (nSPS) is 16.2. The molecule has 1 fully saturated rings. The summed E-state index contributed by atoms with van der Waals surface area (Å²) in [7, 11) is 0. The number of nitrogens with two attached hydrogens (primary N) is 1. The molecule has 3 N–H and O–H groups in total. The molecule has 1 aliphatic rings. The van der Waals surface area contributed by atoms with Gasteiger partial charge in [0.05, 0.1) is 5.75 Å². The van der Waals surface area contributed by atoms with Gasteiger partial charge in [-0.2, -0.15) is 0 Å². The van der Waals surface area contributed by atoms with Crippen molar-refractivity contribution in [3.05, 3.63) is 0 Å². The number of carboxylic acids is 1. The van der Waals surface area contributed by atoms with E-state index in [-0.39, 0.29) is 5.75 Å². The van der Waals surface area contributed by atoms with Crippen LogP contribution >= 0.6 is 11.8 Å². The molecule has 0 spiro atoms. The predicted octanol–water partition coefficient (Wildman–Crippen LogP) is 1.62. The van der Waals surface area contributed by atoms with E-state index in [9.17, 15) is 4.79 Å². The first kappa shape index (κ1) is 13.2. The summed E-state index contributed by atoms with van der Waals surface area (Å²) in [6, 6.07) is 0. The number of thioether (sulfide) groups is 1. The van der Waals surface area contributed by atoms with Crippen molar-refractivity contribution in [2.45, 2.75) is 43.8 Å². The van der Waals surface area contributed by atoms with Crippen molar-refractivity contribution in [2.24, 2.45) is 5.92 Å². The van der Waals surface area contributed by atoms with Gasteiger partial charge in [-0.1, -0.05) is 37.4 Å². The van der Waals surface area contributed by atoms with Crippen LogP contribution in [0.2, 0.25) is 0 Å². The molecule has 0 aromatic carbocycles. The van der Waals surface area contributed by atoms with E-state index in [4.69, 9.17) is 10.8 Å². The Hall–Kier alpha value is -1.24. The van der Waals surface area contributed by atoms with E-state index in [0.717, 1.165) is 18.9 Å². The number of anilines is 1. The second-order valence-corrected chi connectivity index (χ2v) is 5.56. The number of nitrogens with zero attached hydrogens (tertiary/aromatic N) is 3. The van der Waals surface area contributed by atoms with Crippen LogP contribution in [-0.2, 0) is 11.3 Å². The first-order valence-corrected chi connectivity index (χ1v) is 7.18. The molecular weight excluding hydrogens is 252 g/mol. The molecule has 100 valence electrons. The Balaban J connectivity index is 1.92. The quantitative estimate of drug-likeness (QED) is 0.763. The van der Waals surface area contributed by atoms with E-state index < -0.39 is 5.97 Å². The van der Waals surface area contributed by atoms with Gasteiger partial charge in [0.1, 0.15) is 0 Å².